The van der Waals surface area contributed by atoms with Crippen LogP contribution in [0.4, 0.5) is 5.82 Å². The maximum atomic E-state index is 10.7. The summed E-state index contributed by atoms with van der Waals surface area (Å²) >= 11 is 5.67. The quantitative estimate of drug-likeness (QED) is 0.738. The second-order valence-electron chi connectivity index (χ2n) is 2.96. The summed E-state index contributed by atoms with van der Waals surface area (Å²) in [5, 5.41) is 0.163. The number of aryl methyl sites for hydroxylation is 1. The van der Waals surface area contributed by atoms with E-state index in [0.717, 1.165) is 5.69 Å². The molecule has 0 aliphatic rings. The fourth-order valence-electron chi connectivity index (χ4n) is 1.03. The lowest BCUT2D eigenvalue weighted by Gasteiger charge is -2.16. The Bertz CT molecular complexity index is 335. The first-order valence-electron chi connectivity index (χ1n) is 3.99. The summed E-state index contributed by atoms with van der Waals surface area (Å²) in [7, 11) is 1.71. The number of carbonyl (C=O) groups excluding carboxylic acids is 1. The highest BCUT2D eigenvalue weighted by atomic mass is 35.5. The molecule has 0 atom stereocenters. The molecular weight excluding hydrogens is 204 g/mol. The van der Waals surface area contributed by atoms with Gasteiger partial charge in [0.2, 0.25) is 11.2 Å². The van der Waals surface area contributed by atoms with E-state index in [9.17, 15) is 4.79 Å². The Balaban J connectivity index is 2.89. The summed E-state index contributed by atoms with van der Waals surface area (Å²) in [6, 6.07) is 1.73. The molecular formula is C8H11ClN4O. The van der Waals surface area contributed by atoms with E-state index in [2.05, 4.69) is 9.97 Å². The van der Waals surface area contributed by atoms with Crippen molar-refractivity contribution in [3.05, 3.63) is 17.0 Å². The van der Waals surface area contributed by atoms with E-state index in [-0.39, 0.29) is 11.8 Å². The van der Waals surface area contributed by atoms with Crippen molar-refractivity contribution in [1.29, 1.82) is 0 Å². The summed E-state index contributed by atoms with van der Waals surface area (Å²) < 4.78 is 0. The number of nitrogens with zero attached hydrogens (tertiary/aromatic N) is 3. The van der Waals surface area contributed by atoms with E-state index < -0.39 is 5.91 Å². The lowest BCUT2D eigenvalue weighted by Crippen LogP contribution is -2.31. The zero-order valence-electron chi connectivity index (χ0n) is 7.99. The van der Waals surface area contributed by atoms with Crippen LogP contribution in [0.25, 0.3) is 0 Å². The fraction of sp³-hybridized carbons (Fsp3) is 0.375. The minimum atomic E-state index is -0.417. The van der Waals surface area contributed by atoms with Crippen molar-refractivity contribution in [1.82, 2.24) is 9.97 Å². The van der Waals surface area contributed by atoms with E-state index in [0.29, 0.717) is 5.82 Å². The molecule has 0 bridgehead atoms. The van der Waals surface area contributed by atoms with Crippen LogP contribution in [0.2, 0.25) is 5.28 Å². The average Bonchev–Trinajstić information content (AvgIpc) is 2.00. The lowest BCUT2D eigenvalue weighted by atomic mass is 10.4. The molecule has 0 spiro atoms. The van der Waals surface area contributed by atoms with Crippen LogP contribution in [0.1, 0.15) is 5.69 Å². The molecule has 14 heavy (non-hydrogen) atoms. The highest BCUT2D eigenvalue weighted by molar-refractivity contribution is 6.28. The van der Waals surface area contributed by atoms with Crippen LogP contribution in [-0.4, -0.2) is 29.5 Å². The number of hydrogen-bond donors (Lipinski definition) is 1. The maximum absolute atomic E-state index is 10.7. The number of nitrogens with two attached hydrogens (primary N) is 1. The van der Waals surface area contributed by atoms with Crippen LogP contribution in [0.15, 0.2) is 6.07 Å². The van der Waals surface area contributed by atoms with Crippen molar-refractivity contribution in [2.45, 2.75) is 6.92 Å². The van der Waals surface area contributed by atoms with Gasteiger partial charge in [-0.25, -0.2) is 9.97 Å². The standard InChI is InChI=1S/C8H11ClN4O/c1-5-3-7(12-8(9)11-5)13(2)4-6(10)14/h3H,4H2,1-2H3,(H2,10,14). The van der Waals surface area contributed by atoms with Crippen LogP contribution in [0.5, 0.6) is 0 Å². The number of rotatable bonds is 3. The Hall–Kier alpha value is -1.36. The maximum Gasteiger partial charge on any atom is 0.236 e. The van der Waals surface area contributed by atoms with E-state index in [1.54, 1.807) is 24.9 Å². The second kappa shape index (κ2) is 4.23. The fourth-order valence-corrected chi connectivity index (χ4v) is 1.25. The number of carbonyl (C=O) groups is 1. The number of hydrogen-bond acceptors (Lipinski definition) is 4. The Morgan fingerprint density at radius 1 is 1.64 bits per heavy atom. The van der Waals surface area contributed by atoms with Gasteiger partial charge in [0.1, 0.15) is 5.82 Å². The van der Waals surface area contributed by atoms with Gasteiger partial charge in [0.05, 0.1) is 6.54 Å². The van der Waals surface area contributed by atoms with Crippen LogP contribution in [0, 0.1) is 6.92 Å². The van der Waals surface area contributed by atoms with Gasteiger partial charge in [-0.2, -0.15) is 0 Å². The van der Waals surface area contributed by atoms with Crippen molar-refractivity contribution in [2.24, 2.45) is 5.73 Å². The van der Waals surface area contributed by atoms with Gasteiger partial charge in [-0.1, -0.05) is 0 Å². The molecule has 6 heteroatoms. The predicted molar refractivity (Wildman–Crippen MR) is 54.2 cm³/mol. The third-order valence-corrected chi connectivity index (χ3v) is 1.77. The van der Waals surface area contributed by atoms with E-state index in [4.69, 9.17) is 17.3 Å². The summed E-state index contributed by atoms with van der Waals surface area (Å²) in [5.41, 5.74) is 5.80. The first-order chi connectivity index (χ1) is 6.49. The van der Waals surface area contributed by atoms with Gasteiger partial charge in [0.25, 0.3) is 0 Å². The van der Waals surface area contributed by atoms with Gasteiger partial charge in [-0.05, 0) is 18.5 Å². The smallest absolute Gasteiger partial charge is 0.236 e. The van der Waals surface area contributed by atoms with Crippen LogP contribution in [0.3, 0.4) is 0 Å². The molecule has 0 aromatic carbocycles. The highest BCUT2D eigenvalue weighted by Crippen LogP contribution is 2.12. The van der Waals surface area contributed by atoms with E-state index in [1.165, 1.54) is 0 Å². The van der Waals surface area contributed by atoms with Crippen LogP contribution < -0.4 is 10.6 Å². The summed E-state index contributed by atoms with van der Waals surface area (Å²) in [4.78, 5) is 20.1. The van der Waals surface area contributed by atoms with Crippen molar-refractivity contribution >= 4 is 23.3 Å². The third-order valence-electron chi connectivity index (χ3n) is 1.60. The summed E-state index contributed by atoms with van der Waals surface area (Å²) in [6.07, 6.45) is 0. The molecule has 0 radical (unpaired) electrons. The molecule has 0 fully saturated rings. The first-order valence-corrected chi connectivity index (χ1v) is 4.37. The first kappa shape index (κ1) is 10.7. The van der Waals surface area contributed by atoms with Crippen LogP contribution >= 0.6 is 11.6 Å². The number of likely N-dealkylation sites (N-methyl/N-ethyl adjacent to an activating group) is 1. The zero-order valence-corrected chi connectivity index (χ0v) is 8.75. The summed E-state index contributed by atoms with van der Waals surface area (Å²) in [6.45, 7) is 1.90. The minimum Gasteiger partial charge on any atom is -0.368 e. The van der Waals surface area contributed by atoms with E-state index in [1.807, 2.05) is 0 Å². The average molecular weight is 215 g/mol. The molecule has 0 aliphatic heterocycles. The molecule has 1 aromatic heterocycles. The highest BCUT2D eigenvalue weighted by Gasteiger charge is 2.07. The third kappa shape index (κ3) is 2.85. The number of primary amides is 1. The topological polar surface area (TPSA) is 72.1 Å². The predicted octanol–water partition coefficient (Wildman–Crippen LogP) is 0.360. The summed E-state index contributed by atoms with van der Waals surface area (Å²) in [5.74, 6) is 0.168. The molecule has 5 nitrogen and oxygen atoms in total. The van der Waals surface area contributed by atoms with Gasteiger partial charge in [-0.3, -0.25) is 4.79 Å². The molecule has 0 aliphatic carbocycles. The Labute approximate surface area is 86.9 Å². The van der Waals surface area contributed by atoms with Crippen molar-refractivity contribution in [3.63, 3.8) is 0 Å². The molecule has 1 rings (SSSR count). The molecule has 0 saturated carbocycles. The number of amides is 1. The molecule has 2 N–H and O–H groups in total. The van der Waals surface area contributed by atoms with Crippen LogP contribution in [-0.2, 0) is 4.79 Å². The Morgan fingerprint density at radius 2 is 2.29 bits per heavy atom. The molecule has 0 saturated heterocycles. The van der Waals surface area contributed by atoms with Gasteiger partial charge in [0.15, 0.2) is 0 Å². The van der Waals surface area contributed by atoms with E-state index >= 15 is 0 Å². The Morgan fingerprint density at radius 3 is 2.79 bits per heavy atom. The SMILES string of the molecule is Cc1cc(N(C)CC(N)=O)nc(Cl)n1. The van der Waals surface area contributed by atoms with Gasteiger partial charge in [0, 0.05) is 18.8 Å². The van der Waals surface area contributed by atoms with Crippen molar-refractivity contribution < 1.29 is 4.79 Å². The molecule has 1 aromatic rings. The normalized spacial score (nSPS) is 9.93. The van der Waals surface area contributed by atoms with Crippen molar-refractivity contribution in [3.8, 4) is 0 Å². The number of halogens is 1. The van der Waals surface area contributed by atoms with Crippen molar-refractivity contribution in [2.75, 3.05) is 18.5 Å². The Kier molecular flexibility index (Phi) is 3.24. The zero-order chi connectivity index (χ0) is 10.7. The second-order valence-corrected chi connectivity index (χ2v) is 3.30. The molecule has 1 heterocycles. The molecule has 76 valence electrons. The minimum absolute atomic E-state index is 0.104. The molecule has 0 unspecified atom stereocenters. The lowest BCUT2D eigenvalue weighted by molar-refractivity contribution is -0.116. The largest absolute Gasteiger partial charge is 0.368 e. The molecule has 1 amide bonds. The number of anilines is 1. The van der Waals surface area contributed by atoms with Gasteiger partial charge < -0.3 is 10.6 Å². The number of aromatic nitrogens is 2. The van der Waals surface area contributed by atoms with Gasteiger partial charge in [-0.15, -0.1) is 0 Å². The van der Waals surface area contributed by atoms with Gasteiger partial charge >= 0.3 is 0 Å². The monoisotopic (exact) mass is 214 g/mol.